The van der Waals surface area contributed by atoms with E-state index in [9.17, 15) is 13.2 Å². The maximum Gasteiger partial charge on any atom is 0.238 e. The molecule has 1 aromatic rings. The predicted molar refractivity (Wildman–Crippen MR) is 101 cm³/mol. The number of sulfonamides is 1. The van der Waals surface area contributed by atoms with Crippen LogP contribution < -0.4 is 15.8 Å². The van der Waals surface area contributed by atoms with E-state index in [0.29, 0.717) is 12.2 Å². The highest BCUT2D eigenvalue weighted by molar-refractivity contribution is 7.89. The quantitative estimate of drug-likeness (QED) is 0.644. The number of piperidine rings is 1. The van der Waals surface area contributed by atoms with Gasteiger partial charge in [-0.25, -0.2) is 13.6 Å². The number of nitrogens with one attached hydrogen (secondary N) is 2. The number of halogens is 1. The Hall–Kier alpha value is -1.19. The van der Waals surface area contributed by atoms with E-state index >= 15 is 0 Å². The third-order valence-electron chi connectivity index (χ3n) is 4.32. The molecule has 142 valence electrons. The number of anilines is 1. The molecule has 1 aromatic carbocycles. The van der Waals surface area contributed by atoms with E-state index in [0.717, 1.165) is 38.4 Å². The van der Waals surface area contributed by atoms with Crippen LogP contribution in [0.4, 0.5) is 5.69 Å². The van der Waals surface area contributed by atoms with Crippen molar-refractivity contribution in [2.45, 2.75) is 24.2 Å². The van der Waals surface area contributed by atoms with E-state index in [2.05, 4.69) is 15.5 Å². The molecule has 1 heterocycles. The number of rotatable bonds is 7. The molecule has 0 aromatic heterocycles. The number of carbonyl (C=O) groups is 1. The maximum atomic E-state index is 12.2. The second-order valence-corrected chi connectivity index (χ2v) is 7.79. The summed E-state index contributed by atoms with van der Waals surface area (Å²) < 4.78 is 22.7. The largest absolute Gasteiger partial charge is 0.325 e. The van der Waals surface area contributed by atoms with E-state index in [1.807, 2.05) is 7.05 Å². The van der Waals surface area contributed by atoms with Gasteiger partial charge in [0.1, 0.15) is 0 Å². The van der Waals surface area contributed by atoms with Crippen LogP contribution in [0.2, 0.25) is 0 Å². The van der Waals surface area contributed by atoms with Crippen molar-refractivity contribution in [3.05, 3.63) is 24.3 Å². The molecule has 7 nitrogen and oxygen atoms in total. The number of primary sulfonamides is 1. The number of amides is 1. The van der Waals surface area contributed by atoms with Crippen molar-refractivity contribution in [1.29, 1.82) is 0 Å². The average molecular weight is 391 g/mol. The third kappa shape index (κ3) is 7.29. The van der Waals surface area contributed by atoms with Crippen LogP contribution in [0.5, 0.6) is 0 Å². The second kappa shape index (κ2) is 10.1. The van der Waals surface area contributed by atoms with E-state index in [-0.39, 0.29) is 23.2 Å². The number of nitrogens with zero attached hydrogens (tertiary/aromatic N) is 1. The van der Waals surface area contributed by atoms with Crippen LogP contribution in [-0.2, 0) is 14.8 Å². The fourth-order valence-electron chi connectivity index (χ4n) is 2.94. The van der Waals surface area contributed by atoms with Crippen LogP contribution in [-0.4, -0.2) is 52.5 Å². The number of carbonyl (C=O) groups excluding carboxylic acids is 1. The number of nitrogens with two attached hydrogens (primary N) is 1. The van der Waals surface area contributed by atoms with Gasteiger partial charge in [-0.05, 0) is 70.1 Å². The molecule has 1 aliphatic rings. The minimum atomic E-state index is -3.77. The number of benzene rings is 1. The lowest BCUT2D eigenvalue weighted by Gasteiger charge is -2.31. The Morgan fingerprint density at radius 3 is 2.60 bits per heavy atom. The van der Waals surface area contributed by atoms with Gasteiger partial charge in [0.25, 0.3) is 0 Å². The van der Waals surface area contributed by atoms with Crippen molar-refractivity contribution >= 4 is 34.0 Å². The molecule has 1 saturated heterocycles. The van der Waals surface area contributed by atoms with Gasteiger partial charge < -0.3 is 10.6 Å². The van der Waals surface area contributed by atoms with Gasteiger partial charge in [-0.2, -0.15) is 0 Å². The molecule has 2 rings (SSSR count). The minimum Gasteiger partial charge on any atom is -0.325 e. The van der Waals surface area contributed by atoms with Gasteiger partial charge in [0, 0.05) is 5.69 Å². The van der Waals surface area contributed by atoms with Crippen molar-refractivity contribution in [2.75, 3.05) is 38.5 Å². The Bertz CT molecular complexity index is 661. The van der Waals surface area contributed by atoms with Crippen molar-refractivity contribution in [3.63, 3.8) is 0 Å². The zero-order valence-corrected chi connectivity index (χ0v) is 16.0. The van der Waals surface area contributed by atoms with Crippen LogP contribution in [0, 0.1) is 5.92 Å². The van der Waals surface area contributed by atoms with E-state index in [1.165, 1.54) is 18.6 Å². The Morgan fingerprint density at radius 2 is 2.00 bits per heavy atom. The van der Waals surface area contributed by atoms with Crippen LogP contribution in [0.3, 0.4) is 0 Å². The molecule has 25 heavy (non-hydrogen) atoms. The standard InChI is InChI=1S/C16H26N4O3S.ClH/c1-18-8-5-13-6-9-20(10-7-13)12-16(21)19-14-3-2-4-15(11-14)24(17,22)23;/h2-4,11,13,18H,5-10,12H2,1H3,(H,19,21)(H2,17,22,23);1H. The summed E-state index contributed by atoms with van der Waals surface area (Å²) in [5, 5.41) is 11.0. The predicted octanol–water partition coefficient (Wildman–Crippen LogP) is 1.02. The summed E-state index contributed by atoms with van der Waals surface area (Å²) in [6.45, 7) is 3.18. The lowest BCUT2D eigenvalue weighted by atomic mass is 9.93. The zero-order chi connectivity index (χ0) is 17.6. The lowest BCUT2D eigenvalue weighted by Crippen LogP contribution is -2.39. The van der Waals surface area contributed by atoms with Gasteiger partial charge in [0.05, 0.1) is 11.4 Å². The molecule has 1 fully saturated rings. The Balaban J connectivity index is 0.00000312. The van der Waals surface area contributed by atoms with Crippen LogP contribution in [0.1, 0.15) is 19.3 Å². The first-order valence-electron chi connectivity index (χ1n) is 8.18. The molecular weight excluding hydrogens is 364 g/mol. The van der Waals surface area contributed by atoms with E-state index < -0.39 is 10.0 Å². The summed E-state index contributed by atoms with van der Waals surface area (Å²) in [6, 6.07) is 5.98. The first kappa shape index (κ1) is 21.9. The van der Waals surface area contributed by atoms with Gasteiger partial charge in [-0.3, -0.25) is 9.69 Å². The van der Waals surface area contributed by atoms with Crippen molar-refractivity contribution < 1.29 is 13.2 Å². The number of hydrogen-bond donors (Lipinski definition) is 3. The molecule has 0 spiro atoms. The van der Waals surface area contributed by atoms with Crippen molar-refractivity contribution in [3.8, 4) is 0 Å². The van der Waals surface area contributed by atoms with Gasteiger partial charge in [-0.15, -0.1) is 12.4 Å². The normalized spacial score (nSPS) is 16.2. The molecule has 0 saturated carbocycles. The van der Waals surface area contributed by atoms with Crippen LogP contribution in [0.25, 0.3) is 0 Å². The zero-order valence-electron chi connectivity index (χ0n) is 14.4. The Morgan fingerprint density at radius 1 is 1.32 bits per heavy atom. The van der Waals surface area contributed by atoms with Crippen molar-refractivity contribution in [1.82, 2.24) is 10.2 Å². The second-order valence-electron chi connectivity index (χ2n) is 6.23. The number of hydrogen-bond acceptors (Lipinski definition) is 5. The topological polar surface area (TPSA) is 105 Å². The molecule has 0 radical (unpaired) electrons. The lowest BCUT2D eigenvalue weighted by molar-refractivity contribution is -0.117. The SMILES string of the molecule is CNCCC1CCN(CC(=O)Nc2cccc(S(N)(=O)=O)c2)CC1.Cl. The highest BCUT2D eigenvalue weighted by Crippen LogP contribution is 2.20. The molecular formula is C16H27ClN4O3S. The molecule has 0 unspecified atom stereocenters. The maximum absolute atomic E-state index is 12.2. The smallest absolute Gasteiger partial charge is 0.238 e. The molecule has 9 heteroatoms. The first-order chi connectivity index (χ1) is 11.4. The van der Waals surface area contributed by atoms with E-state index in [4.69, 9.17) is 5.14 Å². The van der Waals surface area contributed by atoms with Crippen molar-refractivity contribution in [2.24, 2.45) is 11.1 Å². The van der Waals surface area contributed by atoms with Crippen LogP contribution >= 0.6 is 12.4 Å². The van der Waals surface area contributed by atoms with Gasteiger partial charge in [0.15, 0.2) is 0 Å². The summed E-state index contributed by atoms with van der Waals surface area (Å²) >= 11 is 0. The molecule has 0 aliphatic carbocycles. The Labute approximate surface area is 155 Å². The number of likely N-dealkylation sites (tertiary alicyclic amines) is 1. The van der Waals surface area contributed by atoms with Gasteiger partial charge in [0.2, 0.25) is 15.9 Å². The average Bonchev–Trinajstić information content (AvgIpc) is 2.53. The van der Waals surface area contributed by atoms with Gasteiger partial charge in [-0.1, -0.05) is 6.07 Å². The highest BCUT2D eigenvalue weighted by Gasteiger charge is 2.20. The molecule has 0 bridgehead atoms. The monoisotopic (exact) mass is 390 g/mol. The van der Waals surface area contributed by atoms with Crippen LogP contribution in [0.15, 0.2) is 29.2 Å². The Kier molecular flexibility index (Phi) is 8.81. The minimum absolute atomic E-state index is 0. The summed E-state index contributed by atoms with van der Waals surface area (Å²) in [4.78, 5) is 14.3. The summed E-state index contributed by atoms with van der Waals surface area (Å²) in [7, 11) is -1.81. The van der Waals surface area contributed by atoms with E-state index in [1.54, 1.807) is 12.1 Å². The molecule has 1 aliphatic heterocycles. The fraction of sp³-hybridized carbons (Fsp3) is 0.562. The summed E-state index contributed by atoms with van der Waals surface area (Å²) in [5.74, 6) is 0.582. The third-order valence-corrected chi connectivity index (χ3v) is 5.23. The first-order valence-corrected chi connectivity index (χ1v) is 9.73. The highest BCUT2D eigenvalue weighted by atomic mass is 35.5. The fourth-order valence-corrected chi connectivity index (χ4v) is 3.50. The summed E-state index contributed by atoms with van der Waals surface area (Å²) in [5.41, 5.74) is 0.440. The molecule has 1 amide bonds. The summed E-state index contributed by atoms with van der Waals surface area (Å²) in [6.07, 6.45) is 3.39. The molecule has 4 N–H and O–H groups in total. The van der Waals surface area contributed by atoms with Gasteiger partial charge >= 0.3 is 0 Å². The molecule has 0 atom stereocenters.